The molecule has 4 heterocycles. The molecular formula is C23H27FN6O4S. The van der Waals surface area contributed by atoms with Gasteiger partial charge in [-0.1, -0.05) is 18.3 Å². The zero-order chi connectivity index (χ0) is 25.3. The van der Waals surface area contributed by atoms with Gasteiger partial charge in [0, 0.05) is 56.5 Å². The monoisotopic (exact) mass is 502 g/mol. The smallest absolute Gasteiger partial charge is 0.410 e. The number of ketones is 1. The third-order valence-electron chi connectivity index (χ3n) is 5.41. The Kier molecular flexibility index (Phi) is 6.84. The molecule has 1 amide bonds. The predicted octanol–water partition coefficient (Wildman–Crippen LogP) is 2.93. The summed E-state index contributed by atoms with van der Waals surface area (Å²) >= 11 is 1.15. The zero-order valence-corrected chi connectivity index (χ0v) is 20.9. The van der Waals surface area contributed by atoms with Gasteiger partial charge in [0.2, 0.25) is 10.8 Å². The van der Waals surface area contributed by atoms with Crippen LogP contribution in [-0.2, 0) is 16.0 Å². The van der Waals surface area contributed by atoms with Gasteiger partial charge in [-0.3, -0.25) is 14.6 Å². The van der Waals surface area contributed by atoms with E-state index in [1.807, 2.05) is 0 Å². The Morgan fingerprint density at radius 2 is 1.91 bits per heavy atom. The summed E-state index contributed by atoms with van der Waals surface area (Å²) < 4.78 is 21.4. The van der Waals surface area contributed by atoms with Crippen molar-refractivity contribution in [2.75, 3.05) is 31.1 Å². The van der Waals surface area contributed by atoms with Crippen molar-refractivity contribution >= 4 is 34.0 Å². The minimum absolute atomic E-state index is 0.0574. The first-order valence-electron chi connectivity index (χ1n) is 11.3. The molecule has 0 spiro atoms. The van der Waals surface area contributed by atoms with Gasteiger partial charge < -0.3 is 14.5 Å². The fourth-order valence-corrected chi connectivity index (χ4v) is 4.49. The molecule has 3 aromatic rings. The number of halogens is 1. The summed E-state index contributed by atoms with van der Waals surface area (Å²) in [5.74, 6) is -0.984. The minimum Gasteiger partial charge on any atom is -0.444 e. The highest BCUT2D eigenvalue weighted by Gasteiger charge is 2.29. The number of carbonyl (C=O) groups is 2. The highest BCUT2D eigenvalue weighted by Crippen LogP contribution is 2.27. The number of ether oxygens (including phenoxy) is 1. The van der Waals surface area contributed by atoms with Crippen molar-refractivity contribution in [2.24, 2.45) is 0 Å². The van der Waals surface area contributed by atoms with Crippen LogP contribution < -0.4 is 10.5 Å². The maximum Gasteiger partial charge on any atom is 0.410 e. The third-order valence-corrected chi connectivity index (χ3v) is 6.36. The van der Waals surface area contributed by atoms with E-state index in [0.29, 0.717) is 48.9 Å². The molecule has 35 heavy (non-hydrogen) atoms. The Morgan fingerprint density at radius 3 is 2.57 bits per heavy atom. The van der Waals surface area contributed by atoms with Crippen LogP contribution in [-0.4, -0.2) is 68.1 Å². The van der Waals surface area contributed by atoms with Gasteiger partial charge in [-0.2, -0.15) is 19.0 Å². The van der Waals surface area contributed by atoms with E-state index in [1.165, 1.54) is 0 Å². The Morgan fingerprint density at radius 1 is 1.20 bits per heavy atom. The van der Waals surface area contributed by atoms with Gasteiger partial charge in [-0.25, -0.2) is 4.79 Å². The molecule has 1 aliphatic heterocycles. The first-order valence-corrected chi connectivity index (χ1v) is 12.2. The molecule has 3 aromatic heterocycles. The topological polar surface area (TPSA) is 110 Å². The summed E-state index contributed by atoms with van der Waals surface area (Å²) in [7, 11) is 0. The largest absolute Gasteiger partial charge is 0.444 e. The van der Waals surface area contributed by atoms with Crippen molar-refractivity contribution in [1.82, 2.24) is 24.5 Å². The van der Waals surface area contributed by atoms with Crippen LogP contribution in [0.4, 0.5) is 15.0 Å². The summed E-state index contributed by atoms with van der Waals surface area (Å²) in [6.07, 6.45) is 1.78. The van der Waals surface area contributed by atoms with E-state index in [9.17, 15) is 14.4 Å². The van der Waals surface area contributed by atoms with Gasteiger partial charge in [0.15, 0.2) is 5.82 Å². The van der Waals surface area contributed by atoms with Crippen LogP contribution in [0.2, 0.25) is 0 Å². The lowest BCUT2D eigenvalue weighted by Crippen LogP contribution is -2.50. The zero-order valence-electron chi connectivity index (χ0n) is 20.1. The van der Waals surface area contributed by atoms with Crippen LogP contribution in [0.1, 0.15) is 39.8 Å². The number of amides is 1. The van der Waals surface area contributed by atoms with Crippen molar-refractivity contribution < 1.29 is 18.7 Å². The van der Waals surface area contributed by atoms with E-state index in [0.717, 1.165) is 15.9 Å². The number of pyridine rings is 1. The van der Waals surface area contributed by atoms with Crippen LogP contribution in [0.25, 0.3) is 15.5 Å². The molecule has 4 rings (SSSR count). The van der Waals surface area contributed by atoms with Crippen LogP contribution >= 0.6 is 11.3 Å². The molecule has 1 fully saturated rings. The summed E-state index contributed by atoms with van der Waals surface area (Å²) in [5.41, 5.74) is -0.227. The van der Waals surface area contributed by atoms with E-state index >= 15 is 4.39 Å². The van der Waals surface area contributed by atoms with Gasteiger partial charge in [0.1, 0.15) is 16.4 Å². The van der Waals surface area contributed by atoms with Crippen molar-refractivity contribution in [3.05, 3.63) is 40.2 Å². The average Bonchev–Trinajstić information content (AvgIpc) is 3.25. The number of aromatic nitrogens is 4. The summed E-state index contributed by atoms with van der Waals surface area (Å²) in [4.78, 5) is 48.9. The number of rotatable bonds is 5. The van der Waals surface area contributed by atoms with Gasteiger partial charge in [0.05, 0.1) is 0 Å². The van der Waals surface area contributed by atoms with Crippen LogP contribution in [0, 0.1) is 5.82 Å². The second-order valence-electron chi connectivity index (χ2n) is 9.22. The lowest BCUT2D eigenvalue weighted by molar-refractivity contribution is -0.118. The standard InChI is InChI=1S/C23H27FN6O4S/c1-5-16(31)13-15-12-14(6-7-25-15)19-27-30-20(32)17(24)18(26-21(30)35-19)28-8-10-29(11-9-28)22(33)34-23(2,3)4/h6-7,12H,5,8-11,13H2,1-4H3. The number of carbonyl (C=O) groups excluding carboxylic acids is 2. The summed E-state index contributed by atoms with van der Waals surface area (Å²) in [5, 5.41) is 4.73. The molecule has 0 atom stereocenters. The molecule has 0 radical (unpaired) electrons. The Hall–Kier alpha value is -3.41. The van der Waals surface area contributed by atoms with Crippen molar-refractivity contribution in [1.29, 1.82) is 0 Å². The molecule has 0 bridgehead atoms. The van der Waals surface area contributed by atoms with Gasteiger partial charge in [-0.05, 0) is 32.9 Å². The molecule has 0 aliphatic carbocycles. The van der Waals surface area contributed by atoms with Crippen LogP contribution in [0.5, 0.6) is 0 Å². The first-order chi connectivity index (χ1) is 16.6. The van der Waals surface area contributed by atoms with Crippen LogP contribution in [0.3, 0.4) is 0 Å². The number of fused-ring (bicyclic) bond motifs is 1. The number of hydrogen-bond acceptors (Lipinski definition) is 9. The molecule has 0 N–H and O–H groups in total. The minimum atomic E-state index is -0.992. The fourth-order valence-electron chi connectivity index (χ4n) is 3.60. The number of Topliss-reactive ketones (excluding diaryl/α,β-unsaturated/α-hetero) is 1. The molecule has 0 unspecified atom stereocenters. The SMILES string of the molecule is CCC(=O)Cc1cc(-c2nn3c(=O)c(F)c(N4CCN(C(=O)OC(C)(C)C)CC4)nc3s2)ccn1. The summed E-state index contributed by atoms with van der Waals surface area (Å²) in [6, 6.07) is 3.46. The number of piperazine rings is 1. The molecule has 12 heteroatoms. The fraction of sp³-hybridized carbons (Fsp3) is 0.478. The van der Waals surface area contributed by atoms with Crippen molar-refractivity contribution in [3.63, 3.8) is 0 Å². The van der Waals surface area contributed by atoms with E-state index in [2.05, 4.69) is 15.1 Å². The van der Waals surface area contributed by atoms with Crippen LogP contribution in [0.15, 0.2) is 23.1 Å². The van der Waals surface area contributed by atoms with Gasteiger partial charge >= 0.3 is 11.7 Å². The number of nitrogens with zero attached hydrogens (tertiary/aromatic N) is 6. The first kappa shape index (κ1) is 24.7. The Labute approximate surface area is 205 Å². The Balaban J connectivity index is 1.57. The second-order valence-corrected chi connectivity index (χ2v) is 10.2. The van der Waals surface area contributed by atoms with E-state index in [1.54, 1.807) is 55.8 Å². The van der Waals surface area contributed by atoms with E-state index in [4.69, 9.17) is 4.74 Å². The van der Waals surface area contributed by atoms with Crippen molar-refractivity contribution in [2.45, 2.75) is 46.1 Å². The van der Waals surface area contributed by atoms with Gasteiger partial charge in [0.25, 0.3) is 0 Å². The molecule has 0 aromatic carbocycles. The number of hydrogen-bond donors (Lipinski definition) is 0. The molecule has 186 valence electrons. The van der Waals surface area contributed by atoms with Gasteiger partial charge in [-0.15, -0.1) is 0 Å². The predicted molar refractivity (Wildman–Crippen MR) is 129 cm³/mol. The highest BCUT2D eigenvalue weighted by atomic mass is 32.1. The lowest BCUT2D eigenvalue weighted by atomic mass is 10.1. The molecule has 10 nitrogen and oxygen atoms in total. The maximum atomic E-state index is 15.0. The lowest BCUT2D eigenvalue weighted by Gasteiger charge is -2.36. The van der Waals surface area contributed by atoms with Crippen molar-refractivity contribution in [3.8, 4) is 10.6 Å². The number of anilines is 1. The second kappa shape index (κ2) is 9.68. The molecular weight excluding hydrogens is 475 g/mol. The normalized spacial score (nSPS) is 14.4. The van der Waals surface area contributed by atoms with E-state index in [-0.39, 0.29) is 23.0 Å². The summed E-state index contributed by atoms with van der Waals surface area (Å²) in [6.45, 7) is 8.44. The molecule has 1 aliphatic rings. The third kappa shape index (κ3) is 5.47. The molecule has 0 saturated carbocycles. The maximum absolute atomic E-state index is 15.0. The Bertz CT molecular complexity index is 1320. The average molecular weight is 503 g/mol. The highest BCUT2D eigenvalue weighted by molar-refractivity contribution is 7.19. The quantitative estimate of drug-likeness (QED) is 0.524. The molecule has 1 saturated heterocycles. The van der Waals surface area contributed by atoms with E-state index < -0.39 is 23.1 Å².